The Labute approximate surface area is 144 Å². The van der Waals surface area contributed by atoms with Gasteiger partial charge in [-0.1, -0.05) is 25.5 Å². The van der Waals surface area contributed by atoms with Crippen LogP contribution in [0, 0.1) is 0 Å². The first-order valence-electron chi connectivity index (χ1n) is 8.01. The average Bonchev–Trinajstić information content (AvgIpc) is 3.18. The molecule has 0 spiro atoms. The molecule has 3 rings (SSSR count). The number of nitrogens with two attached hydrogens (primary N) is 1. The first-order valence-corrected chi connectivity index (χ1v) is 8.83. The van der Waals surface area contributed by atoms with Crippen LogP contribution in [0.2, 0.25) is 0 Å². The van der Waals surface area contributed by atoms with Gasteiger partial charge in [0.1, 0.15) is 5.76 Å². The molecule has 2 heterocycles. The van der Waals surface area contributed by atoms with E-state index in [-0.39, 0.29) is 5.91 Å². The van der Waals surface area contributed by atoms with Crippen LogP contribution in [0.5, 0.6) is 0 Å². The zero-order valence-corrected chi connectivity index (χ0v) is 14.7. The number of nitrogens with zero attached hydrogens (tertiary/aromatic N) is 1. The molecule has 0 aliphatic heterocycles. The molecule has 1 atom stereocenters. The van der Waals surface area contributed by atoms with Crippen molar-refractivity contribution in [3.63, 3.8) is 0 Å². The lowest BCUT2D eigenvalue weighted by Crippen LogP contribution is -2.51. The van der Waals surface area contributed by atoms with E-state index in [2.05, 4.69) is 10.3 Å². The summed E-state index contributed by atoms with van der Waals surface area (Å²) in [6.45, 7) is 4.08. The molecule has 1 unspecified atom stereocenters. The van der Waals surface area contributed by atoms with Crippen LogP contribution in [0.25, 0.3) is 21.0 Å². The lowest BCUT2D eigenvalue weighted by Gasteiger charge is -2.22. The van der Waals surface area contributed by atoms with Gasteiger partial charge in [-0.25, -0.2) is 4.98 Å². The molecule has 0 fully saturated rings. The molecule has 0 bridgehead atoms. The highest BCUT2D eigenvalue weighted by Gasteiger charge is 2.26. The number of para-hydroxylation sites is 1. The lowest BCUT2D eigenvalue weighted by atomic mass is 9.96. The maximum atomic E-state index is 12.1. The van der Waals surface area contributed by atoms with Crippen LogP contribution in [0.3, 0.4) is 0 Å². The normalized spacial score (nSPS) is 13.8. The number of rotatable bonds is 6. The zero-order valence-electron chi connectivity index (χ0n) is 13.8. The summed E-state index contributed by atoms with van der Waals surface area (Å²) < 4.78 is 6.94. The molecule has 0 aliphatic rings. The van der Waals surface area contributed by atoms with Gasteiger partial charge in [0.15, 0.2) is 10.8 Å². The lowest BCUT2D eigenvalue weighted by molar-refractivity contribution is -0.126. The smallest absolute Gasteiger partial charge is 0.240 e. The molecule has 24 heavy (non-hydrogen) atoms. The van der Waals surface area contributed by atoms with Crippen LogP contribution in [0.1, 0.15) is 32.4 Å². The van der Waals surface area contributed by atoms with Gasteiger partial charge in [0.05, 0.1) is 22.3 Å². The Bertz CT molecular complexity index is 818. The summed E-state index contributed by atoms with van der Waals surface area (Å²) in [6.07, 6.45) is 1.51. The van der Waals surface area contributed by atoms with Gasteiger partial charge in [-0.05, 0) is 37.6 Å². The Kier molecular flexibility index (Phi) is 4.69. The third kappa shape index (κ3) is 3.49. The van der Waals surface area contributed by atoms with Crippen molar-refractivity contribution >= 4 is 27.5 Å². The first kappa shape index (κ1) is 16.7. The number of thiazole rings is 1. The van der Waals surface area contributed by atoms with E-state index in [1.165, 1.54) is 0 Å². The molecule has 5 nitrogen and oxygen atoms in total. The first-order chi connectivity index (χ1) is 11.5. The molecule has 3 N–H and O–H groups in total. The minimum atomic E-state index is -0.850. The van der Waals surface area contributed by atoms with Gasteiger partial charge < -0.3 is 15.5 Å². The summed E-state index contributed by atoms with van der Waals surface area (Å²) in [5, 5.41) is 3.68. The number of fused-ring (bicyclic) bond motifs is 1. The van der Waals surface area contributed by atoms with E-state index in [9.17, 15) is 4.79 Å². The Morgan fingerprint density at radius 3 is 2.88 bits per heavy atom. The Morgan fingerprint density at radius 2 is 2.12 bits per heavy atom. The minimum absolute atomic E-state index is 0.165. The third-order valence-electron chi connectivity index (χ3n) is 3.88. The monoisotopic (exact) mass is 343 g/mol. The third-order valence-corrected chi connectivity index (χ3v) is 4.93. The van der Waals surface area contributed by atoms with Gasteiger partial charge in [-0.2, -0.15) is 0 Å². The average molecular weight is 343 g/mol. The van der Waals surface area contributed by atoms with Gasteiger partial charge >= 0.3 is 0 Å². The van der Waals surface area contributed by atoms with Crippen LogP contribution in [0.15, 0.2) is 40.8 Å². The predicted molar refractivity (Wildman–Crippen MR) is 96.7 cm³/mol. The topological polar surface area (TPSA) is 81.2 Å². The van der Waals surface area contributed by atoms with E-state index in [4.69, 9.17) is 10.2 Å². The van der Waals surface area contributed by atoms with Crippen molar-refractivity contribution in [2.24, 2.45) is 5.73 Å². The van der Waals surface area contributed by atoms with Crippen LogP contribution in [-0.4, -0.2) is 16.4 Å². The Hall–Kier alpha value is -2.18. The molecular weight excluding hydrogens is 322 g/mol. The molecule has 1 amide bonds. The number of hydrogen-bond acceptors (Lipinski definition) is 5. The van der Waals surface area contributed by atoms with Crippen molar-refractivity contribution < 1.29 is 9.21 Å². The van der Waals surface area contributed by atoms with Gasteiger partial charge in [0.25, 0.3) is 0 Å². The van der Waals surface area contributed by atoms with E-state index >= 15 is 0 Å². The Morgan fingerprint density at radius 1 is 1.33 bits per heavy atom. The fourth-order valence-electron chi connectivity index (χ4n) is 2.57. The number of furan rings is 1. The number of benzene rings is 1. The predicted octanol–water partition coefficient (Wildman–Crippen LogP) is 3.69. The molecule has 0 aliphatic carbocycles. The maximum absolute atomic E-state index is 12.1. The molecule has 6 heteroatoms. The van der Waals surface area contributed by atoms with Crippen molar-refractivity contribution in [1.29, 1.82) is 0 Å². The summed E-state index contributed by atoms with van der Waals surface area (Å²) in [6, 6.07) is 11.7. The second kappa shape index (κ2) is 6.75. The molecule has 2 aromatic heterocycles. The molecule has 0 radical (unpaired) electrons. The number of nitrogens with one attached hydrogen (secondary N) is 1. The summed E-state index contributed by atoms with van der Waals surface area (Å²) in [7, 11) is 0. The van der Waals surface area contributed by atoms with Gasteiger partial charge in [0, 0.05) is 0 Å². The van der Waals surface area contributed by atoms with Gasteiger partial charge in [-0.15, -0.1) is 11.3 Å². The van der Waals surface area contributed by atoms with E-state index in [0.717, 1.165) is 21.6 Å². The number of carbonyl (C=O) groups excluding carboxylic acids is 1. The quantitative estimate of drug-likeness (QED) is 0.715. The highest BCUT2D eigenvalue weighted by Crippen LogP contribution is 2.31. The van der Waals surface area contributed by atoms with Crippen LogP contribution < -0.4 is 11.1 Å². The number of hydrogen-bond donors (Lipinski definition) is 2. The van der Waals surface area contributed by atoms with Crippen molar-refractivity contribution in [2.75, 3.05) is 0 Å². The van der Waals surface area contributed by atoms with E-state index in [1.807, 2.05) is 43.3 Å². The maximum Gasteiger partial charge on any atom is 0.240 e. The molecule has 0 saturated heterocycles. The van der Waals surface area contributed by atoms with Gasteiger partial charge in [-0.3, -0.25) is 4.79 Å². The van der Waals surface area contributed by atoms with Crippen molar-refractivity contribution in [3.8, 4) is 10.8 Å². The molecular formula is C18H21N3O2S. The summed E-state index contributed by atoms with van der Waals surface area (Å²) >= 11 is 1.59. The highest BCUT2D eigenvalue weighted by molar-refractivity contribution is 7.21. The van der Waals surface area contributed by atoms with E-state index in [0.29, 0.717) is 24.5 Å². The fraction of sp³-hybridized carbons (Fsp3) is 0.333. The summed E-state index contributed by atoms with van der Waals surface area (Å²) in [5.41, 5.74) is 6.13. The van der Waals surface area contributed by atoms with Crippen molar-refractivity contribution in [2.45, 2.75) is 38.8 Å². The SMILES string of the molecule is CCCC(C)(N)C(=O)NCc1ccc(-c2nc3ccccc3s2)o1. The standard InChI is InChI=1S/C18H21N3O2S/c1-3-10-18(2,19)17(22)20-11-12-8-9-14(23-12)16-21-13-6-4-5-7-15(13)24-16/h4-9H,3,10-11,19H2,1-2H3,(H,20,22). The summed E-state index contributed by atoms with van der Waals surface area (Å²) in [4.78, 5) is 16.7. The van der Waals surface area contributed by atoms with E-state index < -0.39 is 5.54 Å². The number of amides is 1. The van der Waals surface area contributed by atoms with Crippen LogP contribution in [0.4, 0.5) is 0 Å². The fourth-order valence-corrected chi connectivity index (χ4v) is 3.50. The summed E-state index contributed by atoms with van der Waals surface area (Å²) in [5.74, 6) is 1.23. The second-order valence-electron chi connectivity index (χ2n) is 6.10. The Balaban J connectivity index is 1.68. The number of carbonyl (C=O) groups is 1. The van der Waals surface area contributed by atoms with Crippen molar-refractivity contribution in [1.82, 2.24) is 10.3 Å². The molecule has 126 valence electrons. The number of aromatic nitrogens is 1. The van der Waals surface area contributed by atoms with E-state index in [1.54, 1.807) is 18.3 Å². The van der Waals surface area contributed by atoms with Gasteiger partial charge in [0.2, 0.25) is 5.91 Å². The molecule has 0 saturated carbocycles. The van der Waals surface area contributed by atoms with Crippen molar-refractivity contribution in [3.05, 3.63) is 42.2 Å². The molecule has 3 aromatic rings. The van der Waals surface area contributed by atoms with Crippen LogP contribution in [-0.2, 0) is 11.3 Å². The zero-order chi connectivity index (χ0) is 17.2. The highest BCUT2D eigenvalue weighted by atomic mass is 32.1. The largest absolute Gasteiger partial charge is 0.457 e. The minimum Gasteiger partial charge on any atom is -0.457 e. The molecule has 1 aromatic carbocycles. The van der Waals surface area contributed by atoms with Crippen LogP contribution >= 0.6 is 11.3 Å². The second-order valence-corrected chi connectivity index (χ2v) is 7.13.